The second-order valence-corrected chi connectivity index (χ2v) is 6.44. The van der Waals surface area contributed by atoms with Crippen LogP contribution in [0.2, 0.25) is 0 Å². The molecule has 0 spiro atoms. The van der Waals surface area contributed by atoms with Crippen LogP contribution in [-0.2, 0) is 23.2 Å². The van der Waals surface area contributed by atoms with Crippen LogP contribution in [0.1, 0.15) is 26.0 Å². The van der Waals surface area contributed by atoms with Crippen molar-refractivity contribution in [1.82, 2.24) is 14.8 Å². The fourth-order valence-electron chi connectivity index (χ4n) is 2.72. The van der Waals surface area contributed by atoms with Crippen LogP contribution in [0.25, 0.3) is 0 Å². The Hall–Kier alpha value is -2.31. The number of hydrogen-bond acceptors (Lipinski definition) is 4. The van der Waals surface area contributed by atoms with Gasteiger partial charge in [0.05, 0.1) is 12.5 Å². The maximum absolute atomic E-state index is 12.2. The lowest BCUT2D eigenvalue weighted by molar-refractivity contribution is -0.129. The fourth-order valence-corrected chi connectivity index (χ4v) is 2.72. The third kappa shape index (κ3) is 4.12. The van der Waals surface area contributed by atoms with Crippen LogP contribution >= 0.6 is 0 Å². The van der Waals surface area contributed by atoms with Crippen molar-refractivity contribution in [3.63, 3.8) is 0 Å². The van der Waals surface area contributed by atoms with E-state index in [4.69, 9.17) is 0 Å². The van der Waals surface area contributed by atoms with Gasteiger partial charge >= 0.3 is 0 Å². The maximum atomic E-state index is 12.2. The fraction of sp³-hybridized carbons (Fsp3) is 0.562. The van der Waals surface area contributed by atoms with Gasteiger partial charge in [-0.15, -0.1) is 0 Å². The molecule has 1 aromatic rings. The minimum absolute atomic E-state index is 0.0101. The third-order valence-corrected chi connectivity index (χ3v) is 3.93. The van der Waals surface area contributed by atoms with E-state index in [0.29, 0.717) is 24.7 Å². The molecular formula is C16H23N3O4. The van der Waals surface area contributed by atoms with Gasteiger partial charge in [0.2, 0.25) is 17.2 Å². The second kappa shape index (κ2) is 6.85. The number of aromatic hydroxyl groups is 1. The predicted molar refractivity (Wildman–Crippen MR) is 84.7 cm³/mol. The van der Waals surface area contributed by atoms with Gasteiger partial charge in [-0.3, -0.25) is 14.4 Å². The van der Waals surface area contributed by atoms with Gasteiger partial charge < -0.3 is 19.9 Å². The smallest absolute Gasteiger partial charge is 0.225 e. The summed E-state index contributed by atoms with van der Waals surface area (Å²) < 4.78 is 1.59. The number of pyridine rings is 1. The van der Waals surface area contributed by atoms with Crippen LogP contribution in [-0.4, -0.2) is 39.5 Å². The molecule has 7 nitrogen and oxygen atoms in total. The summed E-state index contributed by atoms with van der Waals surface area (Å²) in [7, 11) is 1.68. The van der Waals surface area contributed by atoms with Crippen LogP contribution in [0.3, 0.4) is 0 Å². The van der Waals surface area contributed by atoms with Crippen molar-refractivity contribution >= 4 is 11.8 Å². The van der Waals surface area contributed by atoms with Crippen molar-refractivity contribution < 1.29 is 14.7 Å². The Morgan fingerprint density at radius 2 is 2.13 bits per heavy atom. The molecule has 2 rings (SSSR count). The zero-order chi connectivity index (χ0) is 17.1. The highest BCUT2D eigenvalue weighted by atomic mass is 16.3. The largest absolute Gasteiger partial charge is 0.503 e. The van der Waals surface area contributed by atoms with Crippen molar-refractivity contribution in [2.24, 2.45) is 18.9 Å². The number of likely N-dealkylation sites (tertiary alicyclic amines) is 1. The van der Waals surface area contributed by atoms with E-state index in [0.717, 1.165) is 0 Å². The summed E-state index contributed by atoms with van der Waals surface area (Å²) in [4.78, 5) is 37.3. The van der Waals surface area contributed by atoms with Crippen LogP contribution in [0.4, 0.5) is 0 Å². The van der Waals surface area contributed by atoms with Crippen LogP contribution < -0.4 is 10.7 Å². The zero-order valence-electron chi connectivity index (χ0n) is 13.7. The van der Waals surface area contributed by atoms with Gasteiger partial charge in [0.25, 0.3) is 0 Å². The number of nitrogens with one attached hydrogen (secondary N) is 1. The van der Waals surface area contributed by atoms with Crippen LogP contribution in [0, 0.1) is 11.8 Å². The van der Waals surface area contributed by atoms with Gasteiger partial charge in [-0.2, -0.15) is 0 Å². The predicted octanol–water partition coefficient (Wildman–Crippen LogP) is 0.212. The van der Waals surface area contributed by atoms with Crippen molar-refractivity contribution in [3.8, 4) is 5.75 Å². The molecule has 1 aliphatic heterocycles. The number of aryl methyl sites for hydroxylation is 1. The van der Waals surface area contributed by atoms with E-state index in [9.17, 15) is 19.5 Å². The summed E-state index contributed by atoms with van der Waals surface area (Å²) in [5, 5.41) is 12.1. The molecule has 2 amide bonds. The molecule has 1 unspecified atom stereocenters. The molecule has 1 atom stereocenters. The average Bonchev–Trinajstić information content (AvgIpc) is 2.81. The highest BCUT2D eigenvalue weighted by molar-refractivity contribution is 5.89. The first kappa shape index (κ1) is 17.1. The highest BCUT2D eigenvalue weighted by Gasteiger charge is 2.34. The van der Waals surface area contributed by atoms with E-state index in [-0.39, 0.29) is 36.4 Å². The second-order valence-electron chi connectivity index (χ2n) is 6.44. The molecule has 0 radical (unpaired) electrons. The molecule has 2 N–H and O–H groups in total. The molecule has 2 heterocycles. The summed E-state index contributed by atoms with van der Waals surface area (Å²) in [6.07, 6.45) is 1.54. The monoisotopic (exact) mass is 321 g/mol. The Morgan fingerprint density at radius 1 is 1.43 bits per heavy atom. The minimum atomic E-state index is -0.480. The van der Waals surface area contributed by atoms with E-state index in [2.05, 4.69) is 5.32 Å². The van der Waals surface area contributed by atoms with Crippen LogP contribution in [0.15, 0.2) is 17.1 Å². The van der Waals surface area contributed by atoms with E-state index in [1.807, 2.05) is 13.8 Å². The van der Waals surface area contributed by atoms with Gasteiger partial charge in [0.15, 0.2) is 5.75 Å². The number of amides is 2. The normalized spacial score (nSPS) is 17.8. The van der Waals surface area contributed by atoms with E-state index in [1.54, 1.807) is 16.5 Å². The highest BCUT2D eigenvalue weighted by Crippen LogP contribution is 2.19. The first-order valence-electron chi connectivity index (χ1n) is 7.72. The summed E-state index contributed by atoms with van der Waals surface area (Å²) in [6, 6.07) is 1.29. The molecule has 0 bridgehead atoms. The summed E-state index contributed by atoms with van der Waals surface area (Å²) in [6.45, 7) is 5.35. The van der Waals surface area contributed by atoms with Crippen LogP contribution in [0.5, 0.6) is 5.75 Å². The van der Waals surface area contributed by atoms with Gasteiger partial charge in [0, 0.05) is 44.5 Å². The Kier molecular flexibility index (Phi) is 5.08. The topological polar surface area (TPSA) is 91.6 Å². The summed E-state index contributed by atoms with van der Waals surface area (Å²) >= 11 is 0. The third-order valence-electron chi connectivity index (χ3n) is 3.93. The molecule has 23 heavy (non-hydrogen) atoms. The van der Waals surface area contributed by atoms with E-state index < -0.39 is 5.43 Å². The van der Waals surface area contributed by atoms with Gasteiger partial charge in [-0.1, -0.05) is 13.8 Å². The lowest BCUT2D eigenvalue weighted by Crippen LogP contribution is -2.34. The number of carbonyl (C=O) groups is 2. The first-order valence-corrected chi connectivity index (χ1v) is 7.72. The number of rotatable bonds is 5. The van der Waals surface area contributed by atoms with Crippen molar-refractivity contribution in [2.75, 3.05) is 13.1 Å². The first-order chi connectivity index (χ1) is 10.8. The number of hydrogen-bond donors (Lipinski definition) is 2. The van der Waals surface area contributed by atoms with E-state index >= 15 is 0 Å². The standard InChI is InChI=1S/C16H23N3O4/c1-10(2)7-19-8-11(4-15(19)22)16(23)17-6-12-5-13(20)14(21)9-18(12)3/h5,9-11,21H,4,6-8H2,1-3H3,(H,17,23). The molecule has 1 aliphatic rings. The lowest BCUT2D eigenvalue weighted by Gasteiger charge is -2.18. The number of aromatic nitrogens is 1. The Labute approximate surface area is 134 Å². The number of nitrogens with zero attached hydrogens (tertiary/aromatic N) is 2. The van der Waals surface area contributed by atoms with Gasteiger partial charge in [-0.05, 0) is 5.92 Å². The van der Waals surface area contributed by atoms with Crippen molar-refractivity contribution in [3.05, 3.63) is 28.2 Å². The Bertz CT molecular complexity index is 666. The Morgan fingerprint density at radius 3 is 2.78 bits per heavy atom. The Balaban J connectivity index is 1.95. The van der Waals surface area contributed by atoms with Crippen molar-refractivity contribution in [1.29, 1.82) is 0 Å². The van der Waals surface area contributed by atoms with E-state index in [1.165, 1.54) is 12.3 Å². The molecule has 7 heteroatoms. The lowest BCUT2D eigenvalue weighted by atomic mass is 10.1. The molecule has 126 valence electrons. The summed E-state index contributed by atoms with van der Waals surface area (Å²) in [5.41, 5.74) is 0.107. The zero-order valence-corrected chi connectivity index (χ0v) is 13.7. The molecule has 0 saturated carbocycles. The molecular weight excluding hydrogens is 298 g/mol. The average molecular weight is 321 g/mol. The van der Waals surface area contributed by atoms with Crippen molar-refractivity contribution in [2.45, 2.75) is 26.8 Å². The number of carbonyl (C=O) groups excluding carboxylic acids is 2. The summed E-state index contributed by atoms with van der Waals surface area (Å²) in [5.74, 6) is -0.489. The maximum Gasteiger partial charge on any atom is 0.225 e. The molecule has 0 aromatic carbocycles. The van der Waals surface area contributed by atoms with Gasteiger partial charge in [-0.25, -0.2) is 0 Å². The van der Waals surface area contributed by atoms with Gasteiger partial charge in [0.1, 0.15) is 0 Å². The SMILES string of the molecule is CC(C)CN1CC(C(=O)NCc2cc(=O)c(O)cn2C)CC1=O. The molecule has 0 aliphatic carbocycles. The molecule has 1 saturated heterocycles. The molecule has 1 aromatic heterocycles. The molecule has 1 fully saturated rings. The quantitative estimate of drug-likeness (QED) is 0.811. The minimum Gasteiger partial charge on any atom is -0.503 e.